The Labute approximate surface area is 207 Å². The van der Waals surface area contributed by atoms with Gasteiger partial charge in [-0.1, -0.05) is 24.3 Å². The number of carbonyl (C=O) groups is 4. The summed E-state index contributed by atoms with van der Waals surface area (Å²) in [6.45, 7) is 4.13. The Bertz CT molecular complexity index is 1140. The third-order valence-electron chi connectivity index (χ3n) is 5.67. The molecule has 2 atom stereocenters. The lowest BCUT2D eigenvalue weighted by Gasteiger charge is -2.47. The number of nitrogens with zero attached hydrogens (tertiary/aromatic N) is 1. The van der Waals surface area contributed by atoms with Crippen molar-refractivity contribution >= 4 is 33.8 Å². The molecule has 3 aliphatic heterocycles. The van der Waals surface area contributed by atoms with Crippen LogP contribution >= 0.6 is 0 Å². The molecule has 13 nitrogen and oxygen atoms in total. The molecule has 3 heterocycles. The van der Waals surface area contributed by atoms with E-state index in [-0.39, 0.29) is 13.0 Å². The monoisotopic (exact) mass is 524 g/mol. The summed E-state index contributed by atoms with van der Waals surface area (Å²) in [5, 5.41) is 25.0. The fourth-order valence-electron chi connectivity index (χ4n) is 3.96. The van der Waals surface area contributed by atoms with Crippen LogP contribution in [-0.4, -0.2) is 91.4 Å². The van der Waals surface area contributed by atoms with Crippen molar-refractivity contribution in [2.45, 2.75) is 18.3 Å². The number of carboxylic acid groups (broad SMARTS) is 2. The van der Waals surface area contributed by atoms with E-state index in [9.17, 15) is 27.6 Å². The number of fused-ring (bicyclic) bond motifs is 1. The van der Waals surface area contributed by atoms with Crippen molar-refractivity contribution in [1.82, 2.24) is 20.9 Å². The van der Waals surface area contributed by atoms with Crippen LogP contribution in [0, 0.1) is 5.92 Å². The van der Waals surface area contributed by atoms with Gasteiger partial charge in [-0.25, -0.2) is 18.0 Å². The summed E-state index contributed by atoms with van der Waals surface area (Å²) in [5.74, 6) is -4.51. The molecule has 196 valence electrons. The van der Waals surface area contributed by atoms with Gasteiger partial charge in [-0.15, -0.1) is 0 Å². The smallest absolute Gasteiger partial charge is 0.404 e. The number of nitrogens with one attached hydrogen (secondary N) is 3. The number of amides is 2. The van der Waals surface area contributed by atoms with Gasteiger partial charge in [0.15, 0.2) is 15.2 Å². The summed E-state index contributed by atoms with van der Waals surface area (Å²) in [7, 11) is -3.78. The van der Waals surface area contributed by atoms with Crippen molar-refractivity contribution < 1.29 is 42.5 Å². The highest BCUT2D eigenvalue weighted by atomic mass is 32.2. The number of piperazine rings is 1. The average molecular weight is 525 g/mol. The van der Waals surface area contributed by atoms with E-state index in [2.05, 4.69) is 16.0 Å². The third kappa shape index (κ3) is 6.80. The highest BCUT2D eigenvalue weighted by molar-refractivity contribution is 7.92. The Balaban J connectivity index is 0.000000526. The molecule has 5 N–H and O–H groups in total. The highest BCUT2D eigenvalue weighted by Crippen LogP contribution is 2.38. The second kappa shape index (κ2) is 12.0. The van der Waals surface area contributed by atoms with Crippen LogP contribution in [-0.2, 0) is 41.9 Å². The molecule has 0 spiro atoms. The fourth-order valence-corrected chi connectivity index (χ4v) is 5.78. The van der Waals surface area contributed by atoms with Crippen LogP contribution in [0.3, 0.4) is 0 Å². The van der Waals surface area contributed by atoms with Gasteiger partial charge in [0, 0.05) is 32.7 Å². The van der Waals surface area contributed by atoms with Gasteiger partial charge in [-0.2, -0.15) is 0 Å². The fraction of sp³-hybridized carbons (Fsp3) is 0.455. The molecular weight excluding hydrogens is 496 g/mol. The minimum Gasteiger partial charge on any atom is -0.477 e. The van der Waals surface area contributed by atoms with Crippen LogP contribution < -0.4 is 16.0 Å². The molecule has 1 aromatic carbocycles. The predicted octanol–water partition coefficient (Wildman–Crippen LogP) is -1.10. The zero-order valence-corrected chi connectivity index (χ0v) is 20.1. The maximum Gasteiger partial charge on any atom is 0.404 e. The lowest BCUT2D eigenvalue weighted by Crippen LogP contribution is -2.67. The maximum atomic E-state index is 12.3. The van der Waals surface area contributed by atoms with E-state index in [0.29, 0.717) is 16.0 Å². The van der Waals surface area contributed by atoms with Crippen molar-refractivity contribution in [2.24, 2.45) is 5.92 Å². The minimum atomic E-state index is -3.78. The summed E-state index contributed by atoms with van der Waals surface area (Å²) in [5.41, 5.74) is 0.788. The van der Waals surface area contributed by atoms with E-state index in [4.69, 9.17) is 14.9 Å². The van der Waals surface area contributed by atoms with Gasteiger partial charge in [0.1, 0.15) is 18.2 Å². The molecule has 0 aliphatic carbocycles. The molecule has 36 heavy (non-hydrogen) atoms. The largest absolute Gasteiger partial charge is 0.477 e. The number of sulfone groups is 1. The standard InChI is InChI=1S/C18H18N2O9S.C4H10N2/c21-14(7-10-2-1-3-11(6-10)8-19-18(25)26)29-9-12-15(22)20-13(17(23)24)4-5-30(27,28)16(12)20;1-2-6-4-3-5-1/h1-4,6,12,16,19H,5,7-9H2,(H,23,24)(H,25,26);5-6H,1-4H2/t12-,16-;/m0./s1. The number of ether oxygens (including phenoxy) is 1. The van der Waals surface area contributed by atoms with E-state index in [0.717, 1.165) is 32.3 Å². The molecule has 0 bridgehead atoms. The number of hydrogen-bond donors (Lipinski definition) is 5. The molecule has 0 unspecified atom stereocenters. The summed E-state index contributed by atoms with van der Waals surface area (Å²) < 4.78 is 29.5. The number of carbonyl (C=O) groups excluding carboxylic acids is 2. The molecule has 2 amide bonds. The van der Waals surface area contributed by atoms with E-state index in [1.807, 2.05) is 0 Å². The summed E-state index contributed by atoms with van der Waals surface area (Å²) >= 11 is 0. The van der Waals surface area contributed by atoms with Crippen LogP contribution in [0.1, 0.15) is 11.1 Å². The number of carboxylic acids is 1. The topological polar surface area (TPSA) is 191 Å². The Morgan fingerprint density at radius 3 is 2.31 bits per heavy atom. The van der Waals surface area contributed by atoms with Crippen molar-refractivity contribution in [3.63, 3.8) is 0 Å². The van der Waals surface area contributed by atoms with Crippen molar-refractivity contribution in [3.8, 4) is 0 Å². The number of rotatable bonds is 7. The molecule has 2 saturated heterocycles. The van der Waals surface area contributed by atoms with Crippen molar-refractivity contribution in [2.75, 3.05) is 38.5 Å². The third-order valence-corrected chi connectivity index (χ3v) is 7.58. The van der Waals surface area contributed by atoms with Gasteiger partial charge in [0.05, 0.1) is 12.2 Å². The first-order valence-electron chi connectivity index (χ1n) is 11.2. The van der Waals surface area contributed by atoms with Crippen LogP contribution in [0.2, 0.25) is 0 Å². The lowest BCUT2D eigenvalue weighted by atomic mass is 9.97. The molecule has 14 heteroatoms. The number of esters is 1. The minimum absolute atomic E-state index is 0.0591. The van der Waals surface area contributed by atoms with Crippen LogP contribution in [0.15, 0.2) is 36.0 Å². The van der Waals surface area contributed by atoms with Gasteiger partial charge < -0.3 is 30.9 Å². The zero-order valence-electron chi connectivity index (χ0n) is 19.3. The van der Waals surface area contributed by atoms with E-state index < -0.39 is 63.1 Å². The Morgan fingerprint density at radius 2 is 1.72 bits per heavy atom. The van der Waals surface area contributed by atoms with Crippen LogP contribution in [0.4, 0.5) is 4.79 Å². The highest BCUT2D eigenvalue weighted by Gasteiger charge is 2.58. The van der Waals surface area contributed by atoms with Gasteiger partial charge in [0.25, 0.3) is 0 Å². The Hall–Kier alpha value is -3.49. The van der Waals surface area contributed by atoms with Crippen LogP contribution in [0.5, 0.6) is 0 Å². The molecule has 1 aromatic rings. The number of aliphatic carboxylic acids is 1. The zero-order chi connectivity index (χ0) is 26.3. The average Bonchev–Trinajstić information content (AvgIpc) is 2.84. The van der Waals surface area contributed by atoms with E-state index >= 15 is 0 Å². The molecule has 0 radical (unpaired) electrons. The first kappa shape index (κ1) is 27.1. The molecule has 3 aliphatic rings. The molecular formula is C22H28N4O9S. The lowest BCUT2D eigenvalue weighted by molar-refractivity contribution is -0.160. The van der Waals surface area contributed by atoms with Crippen LogP contribution in [0.25, 0.3) is 0 Å². The Morgan fingerprint density at radius 1 is 1.08 bits per heavy atom. The quantitative estimate of drug-likeness (QED) is 0.215. The van der Waals surface area contributed by atoms with E-state index in [1.54, 1.807) is 24.3 Å². The maximum absolute atomic E-state index is 12.3. The molecule has 0 saturated carbocycles. The van der Waals surface area contributed by atoms with Crippen molar-refractivity contribution in [1.29, 1.82) is 0 Å². The first-order chi connectivity index (χ1) is 17.1. The number of β-lactam (4-membered cyclic amide) rings is 1. The Kier molecular flexibility index (Phi) is 9.01. The molecule has 0 aromatic heterocycles. The second-order valence-electron chi connectivity index (χ2n) is 8.27. The summed E-state index contributed by atoms with van der Waals surface area (Å²) in [4.78, 5) is 46.8. The van der Waals surface area contributed by atoms with Gasteiger partial charge >= 0.3 is 18.0 Å². The SMILES string of the molecule is C1CNCCN1.O=C(O)NCc1cccc(CC(=O)OC[C@H]2C(=O)N3C(C(=O)O)=CCS(=O)(=O)[C@@H]23)c1. The normalized spacial score (nSPS) is 22.1. The van der Waals surface area contributed by atoms with E-state index in [1.165, 1.54) is 0 Å². The first-order valence-corrected chi connectivity index (χ1v) is 12.9. The summed E-state index contributed by atoms with van der Waals surface area (Å²) in [6.07, 6.45) is -0.374. The predicted molar refractivity (Wildman–Crippen MR) is 125 cm³/mol. The molecule has 4 rings (SSSR count). The van der Waals surface area contributed by atoms with Gasteiger partial charge in [-0.05, 0) is 17.2 Å². The van der Waals surface area contributed by atoms with Gasteiger partial charge in [0.2, 0.25) is 5.91 Å². The molecule has 2 fully saturated rings. The summed E-state index contributed by atoms with van der Waals surface area (Å²) in [6, 6.07) is 6.57. The van der Waals surface area contributed by atoms with Crippen molar-refractivity contribution in [3.05, 3.63) is 47.2 Å². The number of benzene rings is 1. The second-order valence-corrected chi connectivity index (χ2v) is 10.4. The van der Waals surface area contributed by atoms with Gasteiger partial charge in [-0.3, -0.25) is 14.5 Å². The number of hydrogen-bond acceptors (Lipinski definition) is 9.